The molecule has 2 atom stereocenters. The van der Waals surface area contributed by atoms with Crippen LogP contribution < -0.4 is 15.4 Å². The van der Waals surface area contributed by atoms with Gasteiger partial charge in [0, 0.05) is 28.2 Å². The van der Waals surface area contributed by atoms with Crippen LogP contribution in [0.5, 0.6) is 5.75 Å². The third-order valence-corrected chi connectivity index (χ3v) is 5.26. The molecule has 8 heteroatoms. The molecule has 1 aromatic carbocycles. The van der Waals surface area contributed by atoms with E-state index in [1.165, 1.54) is 6.21 Å². The van der Waals surface area contributed by atoms with Crippen LogP contribution in [0, 0.1) is 5.41 Å². The summed E-state index contributed by atoms with van der Waals surface area (Å²) in [4.78, 5) is 16.6. The number of carbonyl (C=O) groups is 1. The van der Waals surface area contributed by atoms with Gasteiger partial charge in [-0.15, -0.1) is 0 Å². The number of nitrogens with one attached hydrogen (secondary N) is 3. The van der Waals surface area contributed by atoms with Gasteiger partial charge in [0.1, 0.15) is 22.8 Å². The normalized spacial score (nSPS) is 28.5. The largest absolute Gasteiger partial charge is 0.459 e. The van der Waals surface area contributed by atoms with Crippen LogP contribution in [0.2, 0.25) is 0 Å². The van der Waals surface area contributed by atoms with Crippen LogP contribution in [0.25, 0.3) is 0 Å². The van der Waals surface area contributed by atoms with Crippen molar-refractivity contribution < 1.29 is 9.53 Å². The topological polar surface area (TPSA) is 86.6 Å². The summed E-state index contributed by atoms with van der Waals surface area (Å²) in [5.74, 6) is 1.29. The quantitative estimate of drug-likeness (QED) is 0.623. The number of benzene rings is 1. The maximum absolute atomic E-state index is 12.4. The van der Waals surface area contributed by atoms with Crippen LogP contribution in [0.3, 0.4) is 0 Å². The molecule has 4 rings (SSSR count). The van der Waals surface area contributed by atoms with E-state index in [0.29, 0.717) is 23.9 Å². The molecule has 1 aromatic rings. The average molecular weight is 410 g/mol. The summed E-state index contributed by atoms with van der Waals surface area (Å²) in [7, 11) is 0. The molecule has 0 aromatic heterocycles. The minimum Gasteiger partial charge on any atom is -0.459 e. The number of ether oxygens (including phenoxy) is 1. The van der Waals surface area contributed by atoms with Gasteiger partial charge >= 0.3 is 0 Å². The smallest absolute Gasteiger partial charge is 0.224 e. The third kappa shape index (κ3) is 2.39. The predicted molar refractivity (Wildman–Crippen MR) is 94.7 cm³/mol. The Morgan fingerprint density at radius 2 is 2.33 bits per heavy atom. The van der Waals surface area contributed by atoms with Crippen molar-refractivity contribution >= 4 is 44.8 Å². The van der Waals surface area contributed by atoms with E-state index < -0.39 is 11.7 Å². The van der Waals surface area contributed by atoms with Gasteiger partial charge in [0.25, 0.3) is 0 Å². The van der Waals surface area contributed by atoms with Gasteiger partial charge < -0.3 is 15.5 Å². The summed E-state index contributed by atoms with van der Waals surface area (Å²) < 4.78 is 6.93. The van der Waals surface area contributed by atoms with Gasteiger partial charge in [0.2, 0.25) is 5.91 Å². The van der Waals surface area contributed by atoms with Crippen molar-refractivity contribution in [3.63, 3.8) is 0 Å². The molecule has 1 unspecified atom stereocenters. The Balaban J connectivity index is 1.93. The Labute approximate surface area is 152 Å². The van der Waals surface area contributed by atoms with Gasteiger partial charge in [-0.1, -0.05) is 27.5 Å². The maximum Gasteiger partial charge on any atom is 0.224 e. The van der Waals surface area contributed by atoms with Gasteiger partial charge in [0.15, 0.2) is 0 Å². The van der Waals surface area contributed by atoms with E-state index in [1.807, 2.05) is 18.2 Å². The van der Waals surface area contributed by atoms with E-state index in [0.717, 1.165) is 21.4 Å². The molecule has 0 saturated carbocycles. The van der Waals surface area contributed by atoms with E-state index in [9.17, 15) is 4.79 Å². The molecule has 1 spiro atoms. The van der Waals surface area contributed by atoms with Crippen LogP contribution >= 0.6 is 27.5 Å². The van der Waals surface area contributed by atoms with Crippen LogP contribution in [-0.4, -0.2) is 30.0 Å². The minimum atomic E-state index is -0.757. The van der Waals surface area contributed by atoms with Crippen LogP contribution in [-0.2, 0) is 10.3 Å². The number of rotatable bonds is 1. The fraction of sp³-hybridized carbons (Fsp3) is 0.312. The van der Waals surface area contributed by atoms with E-state index in [-0.39, 0.29) is 12.3 Å². The summed E-state index contributed by atoms with van der Waals surface area (Å²) in [5.41, 5.74) is 1.02. The zero-order valence-corrected chi connectivity index (χ0v) is 14.9. The Morgan fingerprint density at radius 3 is 3.12 bits per heavy atom. The highest BCUT2D eigenvalue weighted by Crippen LogP contribution is 2.48. The number of hydrogen-bond donors (Lipinski definition) is 3. The molecule has 1 fully saturated rings. The number of halogens is 2. The Morgan fingerprint density at radius 1 is 1.50 bits per heavy atom. The van der Waals surface area contributed by atoms with E-state index in [1.54, 1.807) is 0 Å². The SMILES string of the molecule is N=C[C@H]1NC(=O)CC2(N1)C1=C(CN=C(Cl)C1)Oc1ccc(Br)cc12. The number of aliphatic imine (C=N–C) groups is 1. The fourth-order valence-corrected chi connectivity index (χ4v) is 4.08. The number of hydrogen-bond acceptors (Lipinski definition) is 5. The second kappa shape index (κ2) is 5.68. The lowest BCUT2D eigenvalue weighted by molar-refractivity contribution is -0.125. The highest BCUT2D eigenvalue weighted by Gasteiger charge is 2.49. The predicted octanol–water partition coefficient (Wildman–Crippen LogP) is 2.42. The van der Waals surface area contributed by atoms with Gasteiger partial charge in [-0.2, -0.15) is 0 Å². The Bertz CT molecular complexity index is 822. The highest BCUT2D eigenvalue weighted by molar-refractivity contribution is 9.10. The summed E-state index contributed by atoms with van der Waals surface area (Å²) in [6.07, 6.45) is 1.27. The molecule has 3 aliphatic rings. The second-order valence-electron chi connectivity index (χ2n) is 5.95. The van der Waals surface area contributed by atoms with E-state index in [4.69, 9.17) is 21.7 Å². The molecule has 0 aliphatic carbocycles. The summed E-state index contributed by atoms with van der Waals surface area (Å²) >= 11 is 9.67. The molecule has 3 aliphatic heterocycles. The van der Waals surface area contributed by atoms with Crippen molar-refractivity contribution in [2.75, 3.05) is 6.54 Å². The third-order valence-electron chi connectivity index (χ3n) is 4.51. The Kier molecular flexibility index (Phi) is 3.74. The molecule has 1 saturated heterocycles. The molecule has 6 nitrogen and oxygen atoms in total. The van der Waals surface area contributed by atoms with Crippen molar-refractivity contribution in [1.29, 1.82) is 5.41 Å². The number of nitrogens with zero attached hydrogens (tertiary/aromatic N) is 1. The second-order valence-corrected chi connectivity index (χ2v) is 7.30. The number of carbonyl (C=O) groups excluding carboxylic acids is 1. The molecule has 0 radical (unpaired) electrons. The van der Waals surface area contributed by atoms with Crippen LogP contribution in [0.1, 0.15) is 18.4 Å². The van der Waals surface area contributed by atoms with Crippen molar-refractivity contribution in [3.05, 3.63) is 39.6 Å². The minimum absolute atomic E-state index is 0.124. The lowest BCUT2D eigenvalue weighted by Crippen LogP contribution is -2.64. The molecule has 3 N–H and O–H groups in total. The molecule has 3 heterocycles. The molecular weight excluding hydrogens is 396 g/mol. The molecule has 1 amide bonds. The first-order valence-corrected chi connectivity index (χ1v) is 8.66. The zero-order chi connectivity index (χ0) is 16.9. The summed E-state index contributed by atoms with van der Waals surface area (Å²) in [6.45, 7) is 0.351. The number of dihydropyridines is 1. The first-order chi connectivity index (χ1) is 11.5. The molecule has 124 valence electrons. The molecule has 0 bridgehead atoms. The number of amides is 1. The zero-order valence-electron chi connectivity index (χ0n) is 12.5. The van der Waals surface area contributed by atoms with Crippen molar-refractivity contribution in [1.82, 2.24) is 10.6 Å². The van der Waals surface area contributed by atoms with Crippen molar-refractivity contribution in [3.8, 4) is 5.75 Å². The van der Waals surface area contributed by atoms with Crippen molar-refractivity contribution in [2.45, 2.75) is 24.5 Å². The maximum atomic E-state index is 12.4. The molecule has 24 heavy (non-hydrogen) atoms. The van der Waals surface area contributed by atoms with E-state index in [2.05, 4.69) is 31.6 Å². The van der Waals surface area contributed by atoms with Crippen molar-refractivity contribution in [2.24, 2.45) is 4.99 Å². The first kappa shape index (κ1) is 15.8. The fourth-order valence-electron chi connectivity index (χ4n) is 3.52. The lowest BCUT2D eigenvalue weighted by atomic mass is 9.74. The van der Waals surface area contributed by atoms with Gasteiger partial charge in [0.05, 0.1) is 18.5 Å². The number of fused-ring (bicyclic) bond motifs is 3. The first-order valence-electron chi connectivity index (χ1n) is 7.49. The highest BCUT2D eigenvalue weighted by atomic mass is 79.9. The van der Waals surface area contributed by atoms with Gasteiger partial charge in [-0.05, 0) is 18.2 Å². The standard InChI is InChI=1S/C16H14BrClN4O2/c17-8-1-2-11-9(3-8)16(5-15(23)21-14(6-19)22-16)10-4-13(18)20-7-12(10)24-11/h1-3,6,14,19,22H,4-5,7H2,(H,21,23)/t14-,16?/m0/s1. The molecular formula is C16H14BrClN4O2. The Hall–Kier alpha value is -1.70. The average Bonchev–Trinajstić information content (AvgIpc) is 2.56. The summed E-state index contributed by atoms with van der Waals surface area (Å²) in [6, 6.07) is 5.72. The van der Waals surface area contributed by atoms with Crippen LogP contribution in [0.15, 0.2) is 39.0 Å². The van der Waals surface area contributed by atoms with E-state index >= 15 is 0 Å². The summed E-state index contributed by atoms with van der Waals surface area (Å²) in [5, 5.41) is 14.2. The lowest BCUT2D eigenvalue weighted by Gasteiger charge is -2.47. The monoisotopic (exact) mass is 408 g/mol. The van der Waals surface area contributed by atoms with Gasteiger partial charge in [-0.25, -0.2) is 0 Å². The van der Waals surface area contributed by atoms with Crippen LogP contribution in [0.4, 0.5) is 0 Å². The van der Waals surface area contributed by atoms with Gasteiger partial charge in [-0.3, -0.25) is 15.1 Å².